The zero-order valence-electron chi connectivity index (χ0n) is 16.2. The molecule has 150 valence electrons. The first-order chi connectivity index (χ1) is 13.9. The molecule has 0 saturated carbocycles. The summed E-state index contributed by atoms with van der Waals surface area (Å²) >= 11 is 6.01. The van der Waals surface area contributed by atoms with Gasteiger partial charge in [-0.25, -0.2) is 9.78 Å². The Morgan fingerprint density at radius 1 is 1.31 bits per heavy atom. The number of imidazole rings is 1. The summed E-state index contributed by atoms with van der Waals surface area (Å²) in [7, 11) is 0. The number of hydrogen-bond donors (Lipinski definition) is 2. The number of aromatic nitrogens is 2. The fourth-order valence-electron chi connectivity index (χ4n) is 3.42. The van der Waals surface area contributed by atoms with Crippen molar-refractivity contribution in [1.82, 2.24) is 15.3 Å². The van der Waals surface area contributed by atoms with Crippen LogP contribution in [0.3, 0.4) is 0 Å². The van der Waals surface area contributed by atoms with Crippen LogP contribution >= 0.6 is 11.6 Å². The third-order valence-corrected chi connectivity index (χ3v) is 5.18. The summed E-state index contributed by atoms with van der Waals surface area (Å²) in [5, 5.41) is 3.56. The average molecular weight is 413 g/mol. The van der Waals surface area contributed by atoms with E-state index in [4.69, 9.17) is 16.3 Å². The van der Waals surface area contributed by atoms with E-state index in [1.54, 1.807) is 35.2 Å². The molecule has 1 fully saturated rings. The lowest BCUT2D eigenvalue weighted by molar-refractivity contribution is 0.0938. The molecular weight excluding hydrogens is 392 g/mol. The first kappa shape index (κ1) is 19.3. The number of benzene rings is 2. The molecule has 8 heteroatoms. The second-order valence-electron chi connectivity index (χ2n) is 7.10. The molecule has 3 aromatic rings. The standard InChI is InChI=1S/C21H21ClN4O3/c1-12-10-14(4-7-18(12)26-8-3-9-29-21(26)28)20(27)23-13(2)19-24-16-6-5-15(22)11-17(16)25-19/h4-7,10-11,13H,3,8-9H2,1-2H3,(H,23,27)(H,24,25)/t13-/m0/s1. The largest absolute Gasteiger partial charge is 0.449 e. The van der Waals surface area contributed by atoms with Gasteiger partial charge in [-0.1, -0.05) is 11.6 Å². The number of rotatable bonds is 4. The minimum Gasteiger partial charge on any atom is -0.449 e. The second-order valence-corrected chi connectivity index (χ2v) is 7.54. The van der Waals surface area contributed by atoms with Crippen LogP contribution in [0.15, 0.2) is 36.4 Å². The predicted molar refractivity (Wildman–Crippen MR) is 111 cm³/mol. The molecule has 0 unspecified atom stereocenters. The van der Waals surface area contributed by atoms with Crippen LogP contribution in [-0.2, 0) is 4.74 Å². The van der Waals surface area contributed by atoms with E-state index in [1.807, 2.05) is 19.9 Å². The molecule has 1 aliphatic rings. The lowest BCUT2D eigenvalue weighted by Crippen LogP contribution is -2.38. The molecule has 0 spiro atoms. The van der Waals surface area contributed by atoms with E-state index in [0.717, 1.165) is 28.7 Å². The highest BCUT2D eigenvalue weighted by Gasteiger charge is 2.23. The molecule has 1 aromatic heterocycles. The minimum absolute atomic E-state index is 0.216. The molecule has 2 amide bonds. The van der Waals surface area contributed by atoms with Gasteiger partial charge in [0.2, 0.25) is 0 Å². The maximum absolute atomic E-state index is 12.7. The highest BCUT2D eigenvalue weighted by Crippen LogP contribution is 2.25. The summed E-state index contributed by atoms with van der Waals surface area (Å²) in [5.41, 5.74) is 3.72. The molecule has 0 bridgehead atoms. The van der Waals surface area contributed by atoms with Gasteiger partial charge in [0, 0.05) is 22.8 Å². The average Bonchev–Trinajstić information content (AvgIpc) is 3.12. The van der Waals surface area contributed by atoms with Crippen LogP contribution in [0, 0.1) is 6.92 Å². The van der Waals surface area contributed by atoms with Crippen molar-refractivity contribution in [2.75, 3.05) is 18.1 Å². The van der Waals surface area contributed by atoms with Gasteiger partial charge >= 0.3 is 6.09 Å². The van der Waals surface area contributed by atoms with Crippen LogP contribution < -0.4 is 10.2 Å². The normalized spacial score (nSPS) is 15.3. The fourth-order valence-corrected chi connectivity index (χ4v) is 3.59. The molecule has 4 rings (SSSR count). The van der Waals surface area contributed by atoms with Crippen molar-refractivity contribution in [2.45, 2.75) is 26.3 Å². The number of nitrogens with one attached hydrogen (secondary N) is 2. The van der Waals surface area contributed by atoms with Crippen molar-refractivity contribution in [3.05, 3.63) is 58.4 Å². The highest BCUT2D eigenvalue weighted by molar-refractivity contribution is 6.31. The van der Waals surface area contributed by atoms with E-state index < -0.39 is 0 Å². The fraction of sp³-hybridized carbons (Fsp3) is 0.286. The smallest absolute Gasteiger partial charge is 0.414 e. The Kier molecular flexibility index (Phi) is 5.15. The third kappa shape index (κ3) is 3.91. The molecule has 0 radical (unpaired) electrons. The minimum atomic E-state index is -0.352. The number of aromatic amines is 1. The van der Waals surface area contributed by atoms with Gasteiger partial charge in [0.1, 0.15) is 5.82 Å². The molecular formula is C21H21ClN4O3. The summed E-state index contributed by atoms with van der Waals surface area (Å²) in [4.78, 5) is 34.0. The Morgan fingerprint density at radius 3 is 2.90 bits per heavy atom. The molecule has 1 aliphatic heterocycles. The Morgan fingerprint density at radius 2 is 2.14 bits per heavy atom. The zero-order chi connectivity index (χ0) is 20.5. The first-order valence-corrected chi connectivity index (χ1v) is 9.81. The topological polar surface area (TPSA) is 87.3 Å². The van der Waals surface area contributed by atoms with E-state index in [-0.39, 0.29) is 18.0 Å². The van der Waals surface area contributed by atoms with E-state index in [0.29, 0.717) is 29.6 Å². The Labute approximate surface area is 173 Å². The van der Waals surface area contributed by atoms with Crippen LogP contribution in [0.1, 0.15) is 41.1 Å². The quantitative estimate of drug-likeness (QED) is 0.666. The lowest BCUT2D eigenvalue weighted by atomic mass is 10.1. The number of aryl methyl sites for hydroxylation is 1. The van der Waals surface area contributed by atoms with Gasteiger partial charge in [0.15, 0.2) is 0 Å². The number of H-pyrrole nitrogens is 1. The molecule has 1 saturated heterocycles. The van der Waals surface area contributed by atoms with Gasteiger partial charge in [-0.3, -0.25) is 9.69 Å². The van der Waals surface area contributed by atoms with Gasteiger partial charge in [0.25, 0.3) is 5.91 Å². The van der Waals surface area contributed by atoms with E-state index in [1.165, 1.54) is 0 Å². The van der Waals surface area contributed by atoms with Crippen LogP contribution in [0.2, 0.25) is 5.02 Å². The van der Waals surface area contributed by atoms with Crippen molar-refractivity contribution >= 4 is 40.3 Å². The molecule has 7 nitrogen and oxygen atoms in total. The SMILES string of the molecule is Cc1cc(C(=O)N[C@@H](C)c2nc3cc(Cl)ccc3[nH]2)ccc1N1CCCOC1=O. The van der Waals surface area contributed by atoms with Crippen molar-refractivity contribution < 1.29 is 14.3 Å². The zero-order valence-corrected chi connectivity index (χ0v) is 16.9. The van der Waals surface area contributed by atoms with E-state index >= 15 is 0 Å². The van der Waals surface area contributed by atoms with E-state index in [9.17, 15) is 9.59 Å². The summed E-state index contributed by atoms with van der Waals surface area (Å²) < 4.78 is 5.10. The Bertz CT molecular complexity index is 1090. The predicted octanol–water partition coefficient (Wildman–Crippen LogP) is 4.36. The second kappa shape index (κ2) is 7.75. The summed E-state index contributed by atoms with van der Waals surface area (Å²) in [6.45, 7) is 4.79. The maximum Gasteiger partial charge on any atom is 0.414 e. The number of nitrogens with zero attached hydrogens (tertiary/aromatic N) is 2. The molecule has 2 heterocycles. The summed E-state index contributed by atoms with van der Waals surface area (Å²) in [5.74, 6) is 0.437. The number of halogens is 1. The van der Waals surface area contributed by atoms with Crippen LogP contribution in [0.4, 0.5) is 10.5 Å². The van der Waals surface area contributed by atoms with Gasteiger partial charge in [-0.2, -0.15) is 0 Å². The van der Waals surface area contributed by atoms with Crippen molar-refractivity contribution in [3.63, 3.8) is 0 Å². The highest BCUT2D eigenvalue weighted by atomic mass is 35.5. The molecule has 1 atom stereocenters. The van der Waals surface area contributed by atoms with E-state index in [2.05, 4.69) is 15.3 Å². The van der Waals surface area contributed by atoms with Gasteiger partial charge in [0.05, 0.1) is 23.7 Å². The van der Waals surface area contributed by atoms with Crippen LogP contribution in [0.5, 0.6) is 0 Å². The Balaban J connectivity index is 1.50. The lowest BCUT2D eigenvalue weighted by Gasteiger charge is -2.27. The molecule has 2 aromatic carbocycles. The summed E-state index contributed by atoms with van der Waals surface area (Å²) in [6, 6.07) is 10.4. The van der Waals surface area contributed by atoms with Gasteiger partial charge in [-0.15, -0.1) is 0 Å². The monoisotopic (exact) mass is 412 g/mol. The number of ether oxygens (including phenoxy) is 1. The van der Waals surface area contributed by atoms with Crippen molar-refractivity contribution in [2.24, 2.45) is 0 Å². The van der Waals surface area contributed by atoms with Crippen molar-refractivity contribution in [1.29, 1.82) is 0 Å². The Hall–Kier alpha value is -3.06. The number of amides is 2. The maximum atomic E-state index is 12.7. The number of hydrogen-bond acceptors (Lipinski definition) is 4. The first-order valence-electron chi connectivity index (χ1n) is 9.43. The van der Waals surface area contributed by atoms with Crippen LogP contribution in [0.25, 0.3) is 11.0 Å². The number of carbonyl (C=O) groups is 2. The van der Waals surface area contributed by atoms with Crippen LogP contribution in [-0.4, -0.2) is 35.1 Å². The molecule has 2 N–H and O–H groups in total. The third-order valence-electron chi connectivity index (χ3n) is 4.94. The molecule has 29 heavy (non-hydrogen) atoms. The van der Waals surface area contributed by atoms with Gasteiger partial charge in [-0.05, 0) is 62.2 Å². The number of carbonyl (C=O) groups excluding carboxylic acids is 2. The number of fused-ring (bicyclic) bond motifs is 1. The number of cyclic esters (lactones) is 1. The van der Waals surface area contributed by atoms with Crippen molar-refractivity contribution in [3.8, 4) is 0 Å². The molecule has 0 aliphatic carbocycles. The number of anilines is 1. The van der Waals surface area contributed by atoms with Gasteiger partial charge < -0.3 is 15.0 Å². The summed E-state index contributed by atoms with van der Waals surface area (Å²) in [6.07, 6.45) is 0.434.